The molecular formula is C14H28N2O2. The van der Waals surface area contributed by atoms with E-state index in [1.54, 1.807) is 0 Å². The molecule has 2 aliphatic rings. The van der Waals surface area contributed by atoms with Crippen LogP contribution in [0.4, 0.5) is 0 Å². The van der Waals surface area contributed by atoms with Gasteiger partial charge >= 0.3 is 0 Å². The molecule has 0 aromatic carbocycles. The minimum atomic E-state index is -0.426. The normalized spacial score (nSPS) is 28.2. The van der Waals surface area contributed by atoms with Crippen LogP contribution in [-0.4, -0.2) is 71.0 Å². The molecule has 0 spiro atoms. The monoisotopic (exact) mass is 256 g/mol. The largest absolute Gasteiger partial charge is 0.392 e. The predicted octanol–water partition coefficient (Wildman–Crippen LogP) is 0.680. The van der Waals surface area contributed by atoms with Gasteiger partial charge in [-0.3, -0.25) is 9.80 Å². The van der Waals surface area contributed by atoms with Crippen LogP contribution >= 0.6 is 0 Å². The lowest BCUT2D eigenvalue weighted by molar-refractivity contribution is -0.0374. The molecule has 1 aliphatic carbocycles. The summed E-state index contributed by atoms with van der Waals surface area (Å²) in [5.41, 5.74) is -0.426. The fourth-order valence-corrected chi connectivity index (χ4v) is 3.29. The summed E-state index contributed by atoms with van der Waals surface area (Å²) in [6, 6.07) is 0. The molecule has 1 saturated heterocycles. The Morgan fingerprint density at radius 3 is 2.11 bits per heavy atom. The van der Waals surface area contributed by atoms with Gasteiger partial charge in [0, 0.05) is 39.3 Å². The molecule has 0 radical (unpaired) electrons. The molecule has 2 N–H and O–H groups in total. The molecule has 2 rings (SSSR count). The lowest BCUT2D eigenvalue weighted by Gasteiger charge is -2.41. The van der Waals surface area contributed by atoms with E-state index in [0.29, 0.717) is 0 Å². The fraction of sp³-hybridized carbons (Fsp3) is 1.00. The molecule has 4 heteroatoms. The van der Waals surface area contributed by atoms with Crippen LogP contribution in [0.2, 0.25) is 0 Å². The van der Waals surface area contributed by atoms with Crippen molar-refractivity contribution in [3.8, 4) is 0 Å². The first kappa shape index (κ1) is 14.3. The summed E-state index contributed by atoms with van der Waals surface area (Å²) >= 11 is 0. The van der Waals surface area contributed by atoms with Crippen molar-refractivity contribution in [1.29, 1.82) is 0 Å². The van der Waals surface area contributed by atoms with Crippen LogP contribution in [0.25, 0.3) is 0 Å². The molecule has 106 valence electrons. The minimum Gasteiger partial charge on any atom is -0.392 e. The van der Waals surface area contributed by atoms with E-state index in [-0.39, 0.29) is 6.10 Å². The number of hydrogen-bond acceptors (Lipinski definition) is 4. The van der Waals surface area contributed by atoms with E-state index < -0.39 is 5.60 Å². The standard InChI is InChI=1S/C14H28N2O2/c1-13(17)11-15-7-9-16(10-8-15)12-14(18)5-3-2-4-6-14/h13,17-18H,2-12H2,1H3. The minimum absolute atomic E-state index is 0.237. The SMILES string of the molecule is CC(O)CN1CCN(CC2(O)CCCCC2)CC1. The fourth-order valence-electron chi connectivity index (χ4n) is 3.29. The number of piperazine rings is 1. The number of aliphatic hydroxyl groups is 2. The van der Waals surface area contributed by atoms with Crippen LogP contribution in [0.5, 0.6) is 0 Å². The van der Waals surface area contributed by atoms with Gasteiger partial charge in [-0.2, -0.15) is 0 Å². The number of aliphatic hydroxyl groups excluding tert-OH is 1. The highest BCUT2D eigenvalue weighted by Crippen LogP contribution is 2.29. The average molecular weight is 256 g/mol. The van der Waals surface area contributed by atoms with Crippen LogP contribution in [0.3, 0.4) is 0 Å². The Kier molecular flexibility index (Phi) is 5.01. The van der Waals surface area contributed by atoms with Gasteiger partial charge in [0.25, 0.3) is 0 Å². The highest BCUT2D eigenvalue weighted by atomic mass is 16.3. The third kappa shape index (κ3) is 4.19. The zero-order valence-electron chi connectivity index (χ0n) is 11.6. The molecule has 0 bridgehead atoms. The van der Waals surface area contributed by atoms with E-state index >= 15 is 0 Å². The molecule has 1 saturated carbocycles. The summed E-state index contributed by atoms with van der Waals surface area (Å²) in [4.78, 5) is 4.70. The topological polar surface area (TPSA) is 46.9 Å². The molecule has 1 heterocycles. The van der Waals surface area contributed by atoms with Gasteiger partial charge < -0.3 is 10.2 Å². The van der Waals surface area contributed by atoms with Crippen molar-refractivity contribution in [2.45, 2.75) is 50.7 Å². The predicted molar refractivity (Wildman–Crippen MR) is 72.6 cm³/mol. The Labute approximate surface area is 111 Å². The van der Waals surface area contributed by atoms with E-state index in [0.717, 1.165) is 52.1 Å². The smallest absolute Gasteiger partial charge is 0.0774 e. The van der Waals surface area contributed by atoms with Gasteiger partial charge in [-0.1, -0.05) is 19.3 Å². The van der Waals surface area contributed by atoms with Crippen LogP contribution in [0.1, 0.15) is 39.0 Å². The van der Waals surface area contributed by atoms with Crippen molar-refractivity contribution >= 4 is 0 Å². The van der Waals surface area contributed by atoms with Crippen molar-refractivity contribution < 1.29 is 10.2 Å². The Morgan fingerprint density at radius 2 is 1.56 bits per heavy atom. The summed E-state index contributed by atoms with van der Waals surface area (Å²) in [5, 5.41) is 19.9. The van der Waals surface area contributed by atoms with Crippen LogP contribution in [-0.2, 0) is 0 Å². The molecule has 0 amide bonds. The third-order valence-corrected chi connectivity index (χ3v) is 4.29. The second-order valence-corrected chi connectivity index (χ2v) is 6.21. The van der Waals surface area contributed by atoms with E-state index in [1.165, 1.54) is 19.3 Å². The lowest BCUT2D eigenvalue weighted by Crippen LogP contribution is -2.53. The molecule has 18 heavy (non-hydrogen) atoms. The maximum Gasteiger partial charge on any atom is 0.0774 e. The van der Waals surface area contributed by atoms with Gasteiger partial charge in [0.1, 0.15) is 0 Å². The molecule has 0 aromatic rings. The zero-order valence-corrected chi connectivity index (χ0v) is 11.6. The molecular weight excluding hydrogens is 228 g/mol. The second kappa shape index (κ2) is 6.33. The Bertz CT molecular complexity index is 244. The van der Waals surface area contributed by atoms with Crippen molar-refractivity contribution in [2.24, 2.45) is 0 Å². The van der Waals surface area contributed by atoms with Gasteiger partial charge in [0.05, 0.1) is 11.7 Å². The molecule has 1 atom stereocenters. The maximum atomic E-state index is 10.5. The average Bonchev–Trinajstić information content (AvgIpc) is 2.31. The van der Waals surface area contributed by atoms with Gasteiger partial charge in [-0.25, -0.2) is 0 Å². The van der Waals surface area contributed by atoms with E-state index in [2.05, 4.69) is 9.80 Å². The summed E-state index contributed by atoms with van der Waals surface area (Å²) in [6.07, 6.45) is 5.35. The van der Waals surface area contributed by atoms with E-state index in [4.69, 9.17) is 0 Å². The first-order chi connectivity index (χ1) is 8.57. The van der Waals surface area contributed by atoms with Crippen molar-refractivity contribution in [2.75, 3.05) is 39.3 Å². The van der Waals surface area contributed by atoms with E-state index in [1.807, 2.05) is 6.92 Å². The molecule has 2 fully saturated rings. The maximum absolute atomic E-state index is 10.5. The summed E-state index contributed by atoms with van der Waals surface area (Å²) < 4.78 is 0. The van der Waals surface area contributed by atoms with Gasteiger partial charge in [-0.05, 0) is 19.8 Å². The molecule has 1 unspecified atom stereocenters. The summed E-state index contributed by atoms with van der Waals surface area (Å²) in [6.45, 7) is 7.54. The second-order valence-electron chi connectivity index (χ2n) is 6.21. The summed E-state index contributed by atoms with van der Waals surface area (Å²) in [7, 11) is 0. The lowest BCUT2D eigenvalue weighted by atomic mass is 9.84. The van der Waals surface area contributed by atoms with Crippen molar-refractivity contribution in [3.05, 3.63) is 0 Å². The molecule has 4 nitrogen and oxygen atoms in total. The van der Waals surface area contributed by atoms with Crippen LogP contribution < -0.4 is 0 Å². The number of rotatable bonds is 4. The number of β-amino-alcohol motifs (C(OH)–C–C–N with tert-alkyl or cyclic N) is 2. The van der Waals surface area contributed by atoms with Crippen LogP contribution in [0.15, 0.2) is 0 Å². The highest BCUT2D eigenvalue weighted by Gasteiger charge is 2.32. The first-order valence-electron chi connectivity index (χ1n) is 7.43. The summed E-state index contributed by atoms with van der Waals surface area (Å²) in [5.74, 6) is 0. The van der Waals surface area contributed by atoms with E-state index in [9.17, 15) is 10.2 Å². The molecule has 1 aliphatic heterocycles. The Balaban J connectivity index is 1.72. The van der Waals surface area contributed by atoms with Gasteiger partial charge in [0.15, 0.2) is 0 Å². The van der Waals surface area contributed by atoms with Crippen molar-refractivity contribution in [3.63, 3.8) is 0 Å². The molecule has 0 aromatic heterocycles. The Hall–Kier alpha value is -0.160. The third-order valence-electron chi connectivity index (χ3n) is 4.29. The van der Waals surface area contributed by atoms with Gasteiger partial charge in [0.2, 0.25) is 0 Å². The zero-order chi connectivity index (χ0) is 13.0. The van der Waals surface area contributed by atoms with Gasteiger partial charge in [-0.15, -0.1) is 0 Å². The highest BCUT2D eigenvalue weighted by molar-refractivity contribution is 4.87. The number of nitrogens with zero attached hydrogens (tertiary/aromatic N) is 2. The first-order valence-corrected chi connectivity index (χ1v) is 7.43. The Morgan fingerprint density at radius 1 is 1.00 bits per heavy atom. The van der Waals surface area contributed by atoms with Crippen LogP contribution in [0, 0.1) is 0 Å². The quantitative estimate of drug-likeness (QED) is 0.776. The van der Waals surface area contributed by atoms with Crippen molar-refractivity contribution in [1.82, 2.24) is 9.80 Å². The number of hydrogen-bond donors (Lipinski definition) is 2.